The molecule has 2 heterocycles. The van der Waals surface area contributed by atoms with Crippen molar-refractivity contribution < 1.29 is 9.84 Å². The van der Waals surface area contributed by atoms with Crippen LogP contribution < -0.4 is 0 Å². The lowest BCUT2D eigenvalue weighted by Gasteiger charge is -2.50. The second-order valence-corrected chi connectivity index (χ2v) is 6.13. The van der Waals surface area contributed by atoms with Crippen molar-refractivity contribution in [2.24, 2.45) is 0 Å². The molecule has 2 aliphatic heterocycles. The van der Waals surface area contributed by atoms with Crippen LogP contribution in [0.15, 0.2) is 24.3 Å². The molecule has 2 bridgehead atoms. The van der Waals surface area contributed by atoms with Crippen molar-refractivity contribution in [1.82, 2.24) is 4.90 Å². The Morgan fingerprint density at radius 1 is 1.30 bits per heavy atom. The number of benzene rings is 1. The third kappa shape index (κ3) is 2.57. The Balaban J connectivity index is 1.74. The summed E-state index contributed by atoms with van der Waals surface area (Å²) in [5.74, 6) is 0. The standard InChI is InChI=1S/C16H20N2O2/c1-18-14-7-16(19,8-15(18)11-20-10-14)6-12-2-4-13(9-17)5-3-12/h2-5,14-15,19H,6-8,10-11H2,1H3. The molecule has 2 atom stereocenters. The fraction of sp³-hybridized carbons (Fsp3) is 0.562. The Hall–Kier alpha value is -1.41. The normalized spacial score (nSPS) is 33.6. The lowest BCUT2D eigenvalue weighted by atomic mass is 9.78. The second-order valence-electron chi connectivity index (χ2n) is 6.13. The zero-order valence-corrected chi connectivity index (χ0v) is 11.7. The highest BCUT2D eigenvalue weighted by Crippen LogP contribution is 2.35. The summed E-state index contributed by atoms with van der Waals surface area (Å²) in [5, 5.41) is 19.7. The number of hydrogen-bond acceptors (Lipinski definition) is 4. The van der Waals surface area contributed by atoms with Gasteiger partial charge >= 0.3 is 0 Å². The number of fused-ring (bicyclic) bond motifs is 2. The minimum Gasteiger partial charge on any atom is -0.389 e. The van der Waals surface area contributed by atoms with E-state index in [0.717, 1.165) is 18.4 Å². The molecule has 1 aromatic rings. The summed E-state index contributed by atoms with van der Waals surface area (Å²) in [4.78, 5) is 2.34. The fourth-order valence-electron chi connectivity index (χ4n) is 3.46. The Labute approximate surface area is 119 Å². The van der Waals surface area contributed by atoms with Crippen LogP contribution in [0, 0.1) is 11.3 Å². The summed E-state index contributed by atoms with van der Waals surface area (Å²) in [5.41, 5.74) is 1.10. The van der Waals surface area contributed by atoms with E-state index in [-0.39, 0.29) is 0 Å². The van der Waals surface area contributed by atoms with Gasteiger partial charge in [0.2, 0.25) is 0 Å². The molecule has 1 aromatic carbocycles. The first kappa shape index (κ1) is 13.6. The Morgan fingerprint density at radius 3 is 2.45 bits per heavy atom. The maximum Gasteiger partial charge on any atom is 0.0991 e. The third-order valence-electron chi connectivity index (χ3n) is 4.62. The van der Waals surface area contributed by atoms with Crippen molar-refractivity contribution in [2.75, 3.05) is 20.3 Å². The molecule has 4 nitrogen and oxygen atoms in total. The highest BCUT2D eigenvalue weighted by Gasteiger charge is 2.44. The van der Waals surface area contributed by atoms with Gasteiger partial charge < -0.3 is 9.84 Å². The number of hydrogen-bond donors (Lipinski definition) is 1. The number of ether oxygens (including phenoxy) is 1. The maximum absolute atomic E-state index is 10.9. The van der Waals surface area contributed by atoms with Crippen LogP contribution in [0.5, 0.6) is 0 Å². The first-order chi connectivity index (χ1) is 9.59. The number of piperidine rings is 1. The van der Waals surface area contributed by atoms with Gasteiger partial charge in [-0.3, -0.25) is 4.90 Å². The van der Waals surface area contributed by atoms with Gasteiger partial charge in [-0.15, -0.1) is 0 Å². The van der Waals surface area contributed by atoms with Gasteiger partial charge in [0.15, 0.2) is 0 Å². The molecule has 1 N–H and O–H groups in total. The van der Waals surface area contributed by atoms with Crippen LogP contribution in [0.3, 0.4) is 0 Å². The van der Waals surface area contributed by atoms with Crippen molar-refractivity contribution in [1.29, 1.82) is 5.26 Å². The quantitative estimate of drug-likeness (QED) is 0.882. The van der Waals surface area contributed by atoms with Gasteiger partial charge in [-0.05, 0) is 37.6 Å². The van der Waals surface area contributed by atoms with E-state index in [9.17, 15) is 5.11 Å². The van der Waals surface area contributed by atoms with E-state index in [1.807, 2.05) is 24.3 Å². The number of nitriles is 1. The Bertz CT molecular complexity index is 506. The Morgan fingerprint density at radius 2 is 1.90 bits per heavy atom. The zero-order chi connectivity index (χ0) is 14.2. The average Bonchev–Trinajstić information content (AvgIpc) is 2.42. The minimum absolute atomic E-state index is 0.311. The van der Waals surface area contributed by atoms with E-state index < -0.39 is 5.60 Å². The van der Waals surface area contributed by atoms with Crippen LogP contribution in [-0.2, 0) is 11.2 Å². The topological polar surface area (TPSA) is 56.5 Å². The van der Waals surface area contributed by atoms with E-state index in [4.69, 9.17) is 10.00 Å². The van der Waals surface area contributed by atoms with Gasteiger partial charge in [-0.2, -0.15) is 5.26 Å². The molecule has 20 heavy (non-hydrogen) atoms. The second kappa shape index (κ2) is 5.17. The molecule has 0 spiro atoms. The van der Waals surface area contributed by atoms with Crippen LogP contribution in [0.1, 0.15) is 24.0 Å². The van der Waals surface area contributed by atoms with Gasteiger partial charge in [0.25, 0.3) is 0 Å². The molecule has 2 saturated heterocycles. The van der Waals surface area contributed by atoms with Crippen molar-refractivity contribution >= 4 is 0 Å². The molecule has 0 saturated carbocycles. The van der Waals surface area contributed by atoms with E-state index in [1.54, 1.807) is 0 Å². The smallest absolute Gasteiger partial charge is 0.0991 e. The number of nitrogens with zero attached hydrogens (tertiary/aromatic N) is 2. The third-order valence-corrected chi connectivity index (χ3v) is 4.62. The largest absolute Gasteiger partial charge is 0.389 e. The first-order valence-corrected chi connectivity index (χ1v) is 7.11. The minimum atomic E-state index is -0.653. The lowest BCUT2D eigenvalue weighted by Crippen LogP contribution is -2.60. The highest BCUT2D eigenvalue weighted by atomic mass is 16.5. The molecule has 0 aromatic heterocycles. The van der Waals surface area contributed by atoms with Gasteiger partial charge in [-0.25, -0.2) is 0 Å². The molecular weight excluding hydrogens is 252 g/mol. The van der Waals surface area contributed by atoms with Crippen molar-refractivity contribution in [2.45, 2.75) is 36.9 Å². The molecule has 2 unspecified atom stereocenters. The van der Waals surface area contributed by atoms with E-state index in [2.05, 4.69) is 18.0 Å². The predicted molar refractivity (Wildman–Crippen MR) is 75.2 cm³/mol. The number of aliphatic hydroxyl groups is 1. The van der Waals surface area contributed by atoms with E-state index >= 15 is 0 Å². The average molecular weight is 272 g/mol. The maximum atomic E-state index is 10.9. The predicted octanol–water partition coefficient (Wildman–Crippen LogP) is 1.32. The van der Waals surface area contributed by atoms with Crippen LogP contribution >= 0.6 is 0 Å². The number of likely N-dealkylation sites (N-methyl/N-ethyl adjacent to an activating group) is 1. The Kier molecular flexibility index (Phi) is 3.51. The molecule has 2 fully saturated rings. The molecule has 106 valence electrons. The summed E-state index contributed by atoms with van der Waals surface area (Å²) >= 11 is 0. The summed E-state index contributed by atoms with van der Waals surface area (Å²) in [6.45, 7) is 1.42. The van der Waals surface area contributed by atoms with Gasteiger partial charge in [0, 0.05) is 18.5 Å². The molecule has 3 rings (SSSR count). The van der Waals surface area contributed by atoms with Gasteiger partial charge in [-0.1, -0.05) is 12.1 Å². The summed E-state index contributed by atoms with van der Waals surface area (Å²) in [6, 6.07) is 10.3. The molecule has 0 amide bonds. The summed E-state index contributed by atoms with van der Waals surface area (Å²) in [6.07, 6.45) is 2.15. The van der Waals surface area contributed by atoms with Gasteiger partial charge in [0.1, 0.15) is 0 Å². The van der Waals surface area contributed by atoms with Crippen LogP contribution in [0.2, 0.25) is 0 Å². The molecule has 4 heteroatoms. The highest BCUT2D eigenvalue weighted by molar-refractivity contribution is 5.32. The van der Waals surface area contributed by atoms with Crippen LogP contribution in [0.4, 0.5) is 0 Å². The first-order valence-electron chi connectivity index (χ1n) is 7.11. The SMILES string of the molecule is CN1C2COCC1CC(O)(Cc1ccc(C#N)cc1)C2. The summed E-state index contributed by atoms with van der Waals surface area (Å²) < 4.78 is 5.59. The van der Waals surface area contributed by atoms with E-state index in [1.165, 1.54) is 0 Å². The molecule has 0 radical (unpaired) electrons. The van der Waals surface area contributed by atoms with Crippen molar-refractivity contribution in [3.05, 3.63) is 35.4 Å². The molecular formula is C16H20N2O2. The molecule has 2 aliphatic rings. The van der Waals surface area contributed by atoms with Crippen LogP contribution in [-0.4, -0.2) is 48.0 Å². The molecule has 0 aliphatic carbocycles. The summed E-state index contributed by atoms with van der Waals surface area (Å²) in [7, 11) is 2.12. The monoisotopic (exact) mass is 272 g/mol. The van der Waals surface area contributed by atoms with Crippen molar-refractivity contribution in [3.8, 4) is 6.07 Å². The lowest BCUT2D eigenvalue weighted by molar-refractivity contribution is -0.133. The fourth-order valence-corrected chi connectivity index (χ4v) is 3.46. The zero-order valence-electron chi connectivity index (χ0n) is 11.7. The van der Waals surface area contributed by atoms with Crippen LogP contribution in [0.25, 0.3) is 0 Å². The number of rotatable bonds is 2. The number of morpholine rings is 1. The van der Waals surface area contributed by atoms with Crippen molar-refractivity contribution in [3.63, 3.8) is 0 Å². The van der Waals surface area contributed by atoms with E-state index in [0.29, 0.717) is 37.3 Å². The van der Waals surface area contributed by atoms with Gasteiger partial charge in [0.05, 0.1) is 30.4 Å².